The molecule has 1 saturated carbocycles. The van der Waals surface area contributed by atoms with Gasteiger partial charge in [-0.05, 0) is 30.9 Å². The molecular weight excluding hydrogens is 411 g/mol. The van der Waals surface area contributed by atoms with Gasteiger partial charge in [0.05, 0.1) is 19.1 Å². The highest BCUT2D eigenvalue weighted by molar-refractivity contribution is 7.66. The molecule has 3 atom stereocenters. The number of carbonyl (C=O) groups excluding carboxylic acids is 2. The highest BCUT2D eigenvalue weighted by atomic mass is 31.2. The molecule has 1 aromatic rings. The molecule has 3 unspecified atom stereocenters. The zero-order valence-electron chi connectivity index (χ0n) is 16.9. The van der Waals surface area contributed by atoms with E-state index in [2.05, 4.69) is 22.6 Å². The van der Waals surface area contributed by atoms with E-state index in [0.717, 1.165) is 12.5 Å². The Labute approximate surface area is 176 Å². The van der Waals surface area contributed by atoms with Gasteiger partial charge in [-0.15, -0.1) is 0 Å². The van der Waals surface area contributed by atoms with Gasteiger partial charge in [-0.25, -0.2) is 9.59 Å². The van der Waals surface area contributed by atoms with Crippen molar-refractivity contribution >= 4 is 25.0 Å². The van der Waals surface area contributed by atoms with E-state index < -0.39 is 31.9 Å². The van der Waals surface area contributed by atoms with Crippen molar-refractivity contribution in [2.75, 3.05) is 12.8 Å². The summed E-state index contributed by atoms with van der Waals surface area (Å²) in [5.41, 5.74) is 0. The van der Waals surface area contributed by atoms with Crippen LogP contribution in [0.15, 0.2) is 56.0 Å². The third-order valence-corrected chi connectivity index (χ3v) is 7.17. The molecule has 1 aromatic carbocycles. The monoisotopic (exact) mass is 438 g/mol. The first kappa shape index (κ1) is 23.7. The van der Waals surface area contributed by atoms with Crippen LogP contribution in [-0.4, -0.2) is 37.3 Å². The maximum atomic E-state index is 13.3. The summed E-state index contributed by atoms with van der Waals surface area (Å²) in [4.78, 5) is 23.3. The number of rotatable bonds is 9. The van der Waals surface area contributed by atoms with Crippen LogP contribution in [0.5, 0.6) is 0 Å². The molecule has 0 saturated heterocycles. The summed E-state index contributed by atoms with van der Waals surface area (Å²) in [6, 6.07) is 9.02. The summed E-state index contributed by atoms with van der Waals surface area (Å²) in [5.74, 6) is -0.162. The van der Waals surface area contributed by atoms with Crippen molar-refractivity contribution in [1.82, 2.24) is 0 Å². The van der Waals surface area contributed by atoms with E-state index in [-0.39, 0.29) is 18.9 Å². The molecule has 0 N–H and O–H groups in total. The van der Waals surface area contributed by atoms with Crippen molar-refractivity contribution in [3.8, 4) is 0 Å². The predicted molar refractivity (Wildman–Crippen MR) is 111 cm³/mol. The number of ether oxygens (including phenoxy) is 4. The molecule has 0 aromatic heterocycles. The summed E-state index contributed by atoms with van der Waals surface area (Å²) >= 11 is 0. The molecule has 164 valence electrons. The first-order chi connectivity index (χ1) is 14.4. The molecule has 2 rings (SSSR count). The maximum Gasteiger partial charge on any atom is 0.513 e. The van der Waals surface area contributed by atoms with Gasteiger partial charge in [0.15, 0.2) is 0 Å². The quantitative estimate of drug-likeness (QED) is 0.309. The van der Waals surface area contributed by atoms with Crippen LogP contribution in [0.2, 0.25) is 0 Å². The molecular formula is C21H27O8P. The molecule has 0 amide bonds. The average Bonchev–Trinajstić information content (AvgIpc) is 2.73. The number of carbonyl (C=O) groups is 2. The lowest BCUT2D eigenvalue weighted by atomic mass is 9.85. The second-order valence-electron chi connectivity index (χ2n) is 6.74. The Bertz CT molecular complexity index is 746. The van der Waals surface area contributed by atoms with Gasteiger partial charge in [0, 0.05) is 17.9 Å². The lowest BCUT2D eigenvalue weighted by molar-refractivity contribution is -0.0412. The van der Waals surface area contributed by atoms with Gasteiger partial charge in [0.2, 0.25) is 7.37 Å². The second kappa shape index (κ2) is 11.6. The zero-order chi connectivity index (χ0) is 22.0. The van der Waals surface area contributed by atoms with Gasteiger partial charge >= 0.3 is 12.3 Å². The first-order valence-corrected chi connectivity index (χ1v) is 11.5. The summed E-state index contributed by atoms with van der Waals surface area (Å²) in [7, 11) is -3.03. The Morgan fingerprint density at radius 3 is 2.00 bits per heavy atom. The topological polar surface area (TPSA) is 97.4 Å². The van der Waals surface area contributed by atoms with E-state index >= 15 is 0 Å². The molecule has 0 heterocycles. The molecule has 30 heavy (non-hydrogen) atoms. The van der Waals surface area contributed by atoms with Crippen LogP contribution in [0.25, 0.3) is 0 Å². The highest BCUT2D eigenvalue weighted by Crippen LogP contribution is 2.46. The summed E-state index contributed by atoms with van der Waals surface area (Å²) in [6.07, 6.45) is 0.525. The van der Waals surface area contributed by atoms with E-state index in [1.165, 1.54) is 0 Å². The minimum absolute atomic E-state index is 0.159. The molecule has 9 heteroatoms. The van der Waals surface area contributed by atoms with E-state index in [1.807, 2.05) is 25.1 Å². The number of benzene rings is 1. The molecule has 1 fully saturated rings. The van der Waals surface area contributed by atoms with Gasteiger partial charge in [-0.3, -0.25) is 4.57 Å². The van der Waals surface area contributed by atoms with Crippen LogP contribution in [0.3, 0.4) is 0 Å². The Balaban J connectivity index is 2.06. The van der Waals surface area contributed by atoms with Crippen molar-refractivity contribution in [2.24, 2.45) is 5.92 Å². The van der Waals surface area contributed by atoms with Gasteiger partial charge in [-0.2, -0.15) is 0 Å². The molecule has 1 aliphatic rings. The van der Waals surface area contributed by atoms with Crippen LogP contribution in [0, 0.1) is 5.92 Å². The fraction of sp³-hybridized carbons (Fsp3) is 0.429. The van der Waals surface area contributed by atoms with Gasteiger partial charge in [0.1, 0.15) is 12.2 Å². The Morgan fingerprint density at radius 1 is 1.00 bits per heavy atom. The standard InChI is InChI=1S/C21H27O8P/c1-4-25-20(22)28-17-12-16(13-18(14-17)29-21(23)26-5-2)15-27-30(24,6-3)19-10-8-7-9-11-19/h4-5,7-11,16-18H,1-2,6,12-15H2,3H3. The van der Waals surface area contributed by atoms with Crippen molar-refractivity contribution in [2.45, 2.75) is 38.4 Å². The Kier molecular flexibility index (Phi) is 9.15. The lowest BCUT2D eigenvalue weighted by Gasteiger charge is -2.34. The van der Waals surface area contributed by atoms with Crippen molar-refractivity contribution in [1.29, 1.82) is 0 Å². The van der Waals surface area contributed by atoms with Gasteiger partial charge in [-0.1, -0.05) is 38.3 Å². The third-order valence-electron chi connectivity index (χ3n) is 4.69. The van der Waals surface area contributed by atoms with Crippen LogP contribution in [0.4, 0.5) is 9.59 Å². The Hall–Kier alpha value is -2.57. The molecule has 1 aliphatic carbocycles. The molecule has 0 radical (unpaired) electrons. The average molecular weight is 438 g/mol. The van der Waals surface area contributed by atoms with Crippen LogP contribution < -0.4 is 5.30 Å². The molecule has 0 spiro atoms. The smallest absolute Gasteiger partial charge is 0.431 e. The fourth-order valence-corrected chi connectivity index (χ4v) is 5.12. The van der Waals surface area contributed by atoms with Crippen LogP contribution in [-0.2, 0) is 28.0 Å². The van der Waals surface area contributed by atoms with Crippen molar-refractivity contribution in [3.05, 3.63) is 56.0 Å². The van der Waals surface area contributed by atoms with E-state index in [4.69, 9.17) is 14.0 Å². The van der Waals surface area contributed by atoms with Crippen LogP contribution >= 0.6 is 7.37 Å². The molecule has 0 bridgehead atoms. The Morgan fingerprint density at radius 2 is 1.53 bits per heavy atom. The van der Waals surface area contributed by atoms with Crippen LogP contribution in [0.1, 0.15) is 26.2 Å². The van der Waals surface area contributed by atoms with Gasteiger partial charge < -0.3 is 23.5 Å². The third kappa shape index (κ3) is 7.04. The minimum Gasteiger partial charge on any atom is -0.431 e. The molecule has 0 aliphatic heterocycles. The van der Waals surface area contributed by atoms with E-state index in [1.54, 1.807) is 12.1 Å². The summed E-state index contributed by atoms with van der Waals surface area (Å²) in [5, 5.41) is 0.646. The minimum atomic E-state index is -3.03. The summed E-state index contributed by atoms with van der Waals surface area (Å²) in [6.45, 7) is 8.59. The summed E-state index contributed by atoms with van der Waals surface area (Å²) < 4.78 is 38.9. The lowest BCUT2D eigenvalue weighted by Crippen LogP contribution is -2.37. The normalized spacial score (nSPS) is 22.8. The zero-order valence-corrected chi connectivity index (χ0v) is 17.8. The van der Waals surface area contributed by atoms with E-state index in [0.29, 0.717) is 24.3 Å². The first-order valence-electron chi connectivity index (χ1n) is 9.65. The van der Waals surface area contributed by atoms with Crippen molar-refractivity contribution in [3.63, 3.8) is 0 Å². The number of hydrogen-bond donors (Lipinski definition) is 0. The van der Waals surface area contributed by atoms with Gasteiger partial charge in [0.25, 0.3) is 0 Å². The maximum absolute atomic E-state index is 13.3. The number of hydrogen-bond acceptors (Lipinski definition) is 8. The second-order valence-corrected chi connectivity index (χ2v) is 9.50. The van der Waals surface area contributed by atoms with Crippen molar-refractivity contribution < 1.29 is 37.6 Å². The fourth-order valence-electron chi connectivity index (χ4n) is 3.35. The largest absolute Gasteiger partial charge is 0.513 e. The SMILES string of the molecule is C=COC(=O)OC1CC(COP(=O)(CC)c2ccccc2)CC(OC(=O)OC=C)C1. The van der Waals surface area contributed by atoms with E-state index in [9.17, 15) is 14.2 Å². The highest BCUT2D eigenvalue weighted by Gasteiger charge is 2.35. The molecule has 8 nitrogen and oxygen atoms in total. The predicted octanol–water partition coefficient (Wildman–Crippen LogP) is 4.76.